The van der Waals surface area contributed by atoms with Crippen molar-refractivity contribution in [2.75, 3.05) is 26.2 Å². The van der Waals surface area contributed by atoms with Gasteiger partial charge in [-0.2, -0.15) is 0 Å². The molecule has 0 aliphatic carbocycles. The van der Waals surface area contributed by atoms with E-state index < -0.39 is 23.1 Å². The minimum atomic E-state index is -1.11. The molecule has 2 saturated heterocycles. The first-order chi connectivity index (χ1) is 10.0. The Bertz CT molecular complexity index is 567. The number of halogens is 2. The van der Waals surface area contributed by atoms with Gasteiger partial charge in [-0.3, -0.25) is 4.79 Å². The van der Waals surface area contributed by atoms with Crippen molar-refractivity contribution < 1.29 is 18.7 Å². The predicted molar refractivity (Wildman–Crippen MR) is 72.8 cm³/mol. The van der Waals surface area contributed by atoms with E-state index in [1.54, 1.807) is 0 Å². The number of carbonyl (C=O) groups excluding carboxylic acids is 1. The van der Waals surface area contributed by atoms with Gasteiger partial charge in [-0.15, -0.1) is 0 Å². The van der Waals surface area contributed by atoms with Crippen molar-refractivity contribution in [1.82, 2.24) is 10.2 Å². The Kier molecular flexibility index (Phi) is 3.67. The summed E-state index contributed by atoms with van der Waals surface area (Å²) in [6, 6.07) is 3.61. The number of nitrogens with zero attached hydrogens (tertiary/aromatic N) is 1. The van der Waals surface area contributed by atoms with Crippen LogP contribution in [0.1, 0.15) is 23.2 Å². The summed E-state index contributed by atoms with van der Waals surface area (Å²) in [4.78, 5) is 13.9. The summed E-state index contributed by atoms with van der Waals surface area (Å²) in [7, 11) is 0. The Morgan fingerprint density at radius 3 is 3.00 bits per heavy atom. The lowest BCUT2D eigenvalue weighted by Gasteiger charge is -2.47. The second kappa shape index (κ2) is 5.35. The lowest BCUT2D eigenvalue weighted by atomic mass is 9.76. The first kappa shape index (κ1) is 14.4. The van der Waals surface area contributed by atoms with Crippen LogP contribution in [0, 0.1) is 17.6 Å². The molecule has 2 N–H and O–H groups in total. The average molecular weight is 296 g/mol. The normalized spacial score (nSPS) is 29.1. The summed E-state index contributed by atoms with van der Waals surface area (Å²) in [6.45, 7) is 2.12. The number of nitrogens with one attached hydrogen (secondary N) is 1. The number of aliphatic hydroxyl groups is 1. The van der Waals surface area contributed by atoms with Gasteiger partial charge in [-0.1, -0.05) is 6.07 Å². The molecule has 1 aromatic rings. The number of likely N-dealkylation sites (tertiary alicyclic amines) is 1. The van der Waals surface area contributed by atoms with Crippen LogP contribution in [0.2, 0.25) is 0 Å². The fourth-order valence-corrected chi connectivity index (χ4v) is 3.25. The Hall–Kier alpha value is -1.53. The molecule has 1 aromatic carbocycles. The molecule has 2 aliphatic heterocycles. The fraction of sp³-hybridized carbons (Fsp3) is 0.533. The van der Waals surface area contributed by atoms with Crippen molar-refractivity contribution in [1.29, 1.82) is 0 Å². The van der Waals surface area contributed by atoms with Gasteiger partial charge in [0.2, 0.25) is 0 Å². The van der Waals surface area contributed by atoms with E-state index >= 15 is 0 Å². The molecule has 3 rings (SSSR count). The quantitative estimate of drug-likeness (QED) is 0.817. The van der Waals surface area contributed by atoms with Gasteiger partial charge in [0.25, 0.3) is 5.91 Å². The molecule has 0 aromatic heterocycles. The number of hydrogen-bond donors (Lipinski definition) is 2. The first-order valence-corrected chi connectivity index (χ1v) is 7.18. The van der Waals surface area contributed by atoms with Crippen molar-refractivity contribution in [3.8, 4) is 0 Å². The van der Waals surface area contributed by atoms with Crippen molar-refractivity contribution in [3.63, 3.8) is 0 Å². The summed E-state index contributed by atoms with van der Waals surface area (Å²) in [5.74, 6) is -2.71. The number of amides is 1. The first-order valence-electron chi connectivity index (χ1n) is 7.18. The Labute approximate surface area is 121 Å². The van der Waals surface area contributed by atoms with Crippen LogP contribution in [0.25, 0.3) is 0 Å². The molecule has 0 unspecified atom stereocenters. The van der Waals surface area contributed by atoms with E-state index in [0.29, 0.717) is 32.5 Å². The highest BCUT2D eigenvalue weighted by Gasteiger charge is 2.44. The number of benzene rings is 1. The second-order valence-corrected chi connectivity index (χ2v) is 5.86. The molecule has 0 radical (unpaired) electrons. The molecule has 2 atom stereocenters. The highest BCUT2D eigenvalue weighted by Crippen LogP contribution is 2.33. The highest BCUT2D eigenvalue weighted by atomic mass is 19.2. The van der Waals surface area contributed by atoms with Crippen LogP contribution in [0.4, 0.5) is 8.78 Å². The molecule has 114 valence electrons. The van der Waals surface area contributed by atoms with Crippen LogP contribution in [-0.4, -0.2) is 47.7 Å². The van der Waals surface area contributed by atoms with Gasteiger partial charge in [-0.25, -0.2) is 8.78 Å². The zero-order valence-electron chi connectivity index (χ0n) is 11.6. The molecule has 2 fully saturated rings. The van der Waals surface area contributed by atoms with Crippen molar-refractivity contribution in [2.45, 2.75) is 18.4 Å². The molecule has 21 heavy (non-hydrogen) atoms. The van der Waals surface area contributed by atoms with Gasteiger partial charge in [0.05, 0.1) is 11.2 Å². The zero-order chi connectivity index (χ0) is 15.0. The molecule has 0 saturated carbocycles. The van der Waals surface area contributed by atoms with Crippen molar-refractivity contribution in [2.24, 2.45) is 5.92 Å². The standard InChI is InChI=1S/C15H18F2N2O2/c16-12-3-1-2-11(13(12)17)14(20)19-7-5-15(21)4-6-18-8-10(15)9-19/h1-3,10,18,21H,4-9H2/t10-,15-/m1/s1. The van der Waals surface area contributed by atoms with Crippen LogP contribution in [0.15, 0.2) is 18.2 Å². The topological polar surface area (TPSA) is 52.6 Å². The van der Waals surface area contributed by atoms with Crippen LogP contribution < -0.4 is 5.32 Å². The summed E-state index contributed by atoms with van der Waals surface area (Å²) in [6.07, 6.45) is 1.13. The molecule has 6 heteroatoms. The third kappa shape index (κ3) is 2.53. The molecule has 4 nitrogen and oxygen atoms in total. The molecule has 0 bridgehead atoms. The second-order valence-electron chi connectivity index (χ2n) is 5.86. The Balaban J connectivity index is 1.79. The lowest BCUT2D eigenvalue weighted by Crippen LogP contribution is -2.59. The van der Waals surface area contributed by atoms with Crippen molar-refractivity contribution >= 4 is 5.91 Å². The minimum absolute atomic E-state index is 0.0689. The van der Waals surface area contributed by atoms with E-state index in [1.807, 2.05) is 0 Å². The number of piperidine rings is 2. The van der Waals surface area contributed by atoms with Crippen LogP contribution in [-0.2, 0) is 0 Å². The summed E-state index contributed by atoms with van der Waals surface area (Å²) < 4.78 is 27.0. The molecule has 2 aliphatic rings. The van der Waals surface area contributed by atoms with E-state index in [2.05, 4.69) is 5.32 Å². The van der Waals surface area contributed by atoms with Gasteiger partial charge in [0.15, 0.2) is 11.6 Å². The van der Waals surface area contributed by atoms with E-state index in [0.717, 1.165) is 12.6 Å². The third-order valence-corrected chi connectivity index (χ3v) is 4.61. The smallest absolute Gasteiger partial charge is 0.256 e. The molecule has 1 amide bonds. The number of fused-ring (bicyclic) bond motifs is 1. The molecular weight excluding hydrogens is 278 g/mol. The fourth-order valence-electron chi connectivity index (χ4n) is 3.25. The predicted octanol–water partition coefficient (Wildman–Crippen LogP) is 1.15. The number of carbonyl (C=O) groups is 1. The van der Waals surface area contributed by atoms with E-state index in [4.69, 9.17) is 0 Å². The molecule has 2 heterocycles. The summed E-state index contributed by atoms with van der Waals surface area (Å²) >= 11 is 0. The zero-order valence-corrected chi connectivity index (χ0v) is 11.6. The number of hydrogen-bond acceptors (Lipinski definition) is 3. The maximum absolute atomic E-state index is 13.7. The van der Waals surface area contributed by atoms with Gasteiger partial charge in [0, 0.05) is 25.6 Å². The maximum Gasteiger partial charge on any atom is 0.256 e. The maximum atomic E-state index is 13.7. The van der Waals surface area contributed by atoms with E-state index in [9.17, 15) is 18.7 Å². The summed E-state index contributed by atoms with van der Waals surface area (Å²) in [5.41, 5.74) is -0.994. The molecular formula is C15H18F2N2O2. The third-order valence-electron chi connectivity index (χ3n) is 4.61. The van der Waals surface area contributed by atoms with Crippen LogP contribution in [0.5, 0.6) is 0 Å². The van der Waals surface area contributed by atoms with Crippen molar-refractivity contribution in [3.05, 3.63) is 35.4 Å². The monoisotopic (exact) mass is 296 g/mol. The van der Waals surface area contributed by atoms with Gasteiger partial charge in [0.1, 0.15) is 0 Å². The Morgan fingerprint density at radius 2 is 2.19 bits per heavy atom. The van der Waals surface area contributed by atoms with Gasteiger partial charge >= 0.3 is 0 Å². The largest absolute Gasteiger partial charge is 0.389 e. The van der Waals surface area contributed by atoms with Gasteiger partial charge in [-0.05, 0) is 31.5 Å². The summed E-state index contributed by atoms with van der Waals surface area (Å²) in [5, 5.41) is 13.7. The van der Waals surface area contributed by atoms with Crippen LogP contribution >= 0.6 is 0 Å². The molecule has 0 spiro atoms. The van der Waals surface area contributed by atoms with E-state index in [-0.39, 0.29) is 11.5 Å². The van der Waals surface area contributed by atoms with Gasteiger partial charge < -0.3 is 15.3 Å². The minimum Gasteiger partial charge on any atom is -0.389 e. The Morgan fingerprint density at radius 1 is 1.38 bits per heavy atom. The SMILES string of the molecule is O=C(c1cccc(F)c1F)N1CC[C@]2(O)CCNC[C@@H]2C1. The highest BCUT2D eigenvalue weighted by molar-refractivity contribution is 5.94. The lowest BCUT2D eigenvalue weighted by molar-refractivity contribution is -0.0817. The average Bonchev–Trinajstić information content (AvgIpc) is 2.48. The van der Waals surface area contributed by atoms with E-state index in [1.165, 1.54) is 17.0 Å². The number of rotatable bonds is 1. The van der Waals surface area contributed by atoms with Crippen LogP contribution in [0.3, 0.4) is 0 Å².